The number of hydrogen-bond donors (Lipinski definition) is 4. The van der Waals surface area contributed by atoms with Gasteiger partial charge in [-0.1, -0.05) is 68.2 Å². The standard InChI is InChI=1S/C26H35N3O3.C21H33N3O.C4H4O.CO2/c1-17-19(16-28-24(31)21-9-6-13-32-21)26(4)11-7-10-25(2,3)22(26)14-20(17)29-23(30)18-8-5-12-27-15-18;1-14-16(12-22)21(4)9-6-8-20(2,3)18(21)11-17(14)24-19(25)15-7-5-10-23-13-15;1-2-4-5-3-1;2-1-3/h5-6,8-9,12-13,15,17,19-20,22H,7,10-11,14,16H2,1-4H3,(H,28,31)(H,29,30);5,7,10,13-14,16-18H,6,8-9,11-12,22H2,1-4H3,(H,24,25);1-4H;/t17-,19-,20+,22?,26+;14-,16-,17+,18?,21+;;/m00../s1. The van der Waals surface area contributed by atoms with Crippen molar-refractivity contribution in [3.05, 3.63) is 109 Å². The maximum Gasteiger partial charge on any atom is 0.373 e. The highest BCUT2D eigenvalue weighted by Crippen LogP contribution is 2.62. The summed E-state index contributed by atoms with van der Waals surface area (Å²) in [6.07, 6.45) is 21.0. The third-order valence-electron chi connectivity index (χ3n) is 16.2. The van der Waals surface area contributed by atoms with Crippen molar-refractivity contribution in [1.29, 1.82) is 0 Å². The van der Waals surface area contributed by atoms with Gasteiger partial charge in [0.05, 0.1) is 29.9 Å². The zero-order valence-corrected chi connectivity index (χ0v) is 39.7. The summed E-state index contributed by atoms with van der Waals surface area (Å²) in [5.74, 6) is 2.43. The van der Waals surface area contributed by atoms with Crippen LogP contribution in [0.15, 0.2) is 101 Å². The number of pyridine rings is 2. The van der Waals surface area contributed by atoms with Crippen LogP contribution in [0.1, 0.15) is 138 Å². The Morgan fingerprint density at radius 1 is 0.677 bits per heavy atom. The number of aromatic nitrogens is 2. The van der Waals surface area contributed by atoms with Crippen molar-refractivity contribution in [2.45, 2.75) is 119 Å². The van der Waals surface area contributed by atoms with E-state index in [4.69, 9.17) is 19.7 Å². The molecule has 2 unspecified atom stereocenters. The Bertz CT molecular complexity index is 2100. The van der Waals surface area contributed by atoms with Gasteiger partial charge in [0, 0.05) is 43.4 Å². The van der Waals surface area contributed by atoms with Gasteiger partial charge in [-0.3, -0.25) is 24.4 Å². The molecule has 0 aromatic carbocycles. The third kappa shape index (κ3) is 11.9. The molecular weight excluding hydrogens is 821 g/mol. The van der Waals surface area contributed by atoms with E-state index in [2.05, 4.69) is 85.7 Å². The molecule has 8 rings (SSSR count). The zero-order valence-electron chi connectivity index (χ0n) is 39.7. The van der Waals surface area contributed by atoms with E-state index in [9.17, 15) is 14.4 Å². The number of hydrogen-bond acceptors (Lipinski definition) is 10. The van der Waals surface area contributed by atoms with Crippen molar-refractivity contribution in [2.75, 3.05) is 13.1 Å². The number of nitrogens with two attached hydrogens (primary N) is 1. The van der Waals surface area contributed by atoms with Crippen LogP contribution in [0.25, 0.3) is 0 Å². The lowest BCUT2D eigenvalue weighted by Crippen LogP contribution is -2.60. The van der Waals surface area contributed by atoms with Crippen LogP contribution in [0.4, 0.5) is 0 Å². The normalized spacial score (nSPS) is 30.5. The fraction of sp³-hybridized carbons (Fsp3) is 0.577. The van der Waals surface area contributed by atoms with E-state index in [1.54, 1.807) is 61.6 Å². The molecular formula is C52H72N6O7. The van der Waals surface area contributed by atoms with Crippen LogP contribution >= 0.6 is 0 Å². The quantitative estimate of drug-likeness (QED) is 0.132. The summed E-state index contributed by atoms with van der Waals surface area (Å²) < 4.78 is 9.86. The van der Waals surface area contributed by atoms with E-state index >= 15 is 0 Å². The third-order valence-corrected chi connectivity index (χ3v) is 16.2. The average Bonchev–Trinajstić information content (AvgIpc) is 4.05. The first-order valence-electron chi connectivity index (χ1n) is 23.3. The molecule has 0 radical (unpaired) electrons. The number of amides is 3. The Kier molecular flexibility index (Phi) is 17.3. The number of carbonyl (C=O) groups is 3. The predicted molar refractivity (Wildman–Crippen MR) is 248 cm³/mol. The first-order chi connectivity index (χ1) is 30.9. The molecule has 4 aliphatic rings. The second kappa shape index (κ2) is 22.2. The summed E-state index contributed by atoms with van der Waals surface area (Å²) in [4.78, 5) is 62.6. The average molecular weight is 893 g/mol. The summed E-state index contributed by atoms with van der Waals surface area (Å²) >= 11 is 0. The number of nitrogens with zero attached hydrogens (tertiary/aromatic N) is 2. The van der Waals surface area contributed by atoms with Gasteiger partial charge in [-0.15, -0.1) is 0 Å². The van der Waals surface area contributed by atoms with E-state index in [-0.39, 0.29) is 64.0 Å². The molecule has 4 aromatic heterocycles. The Labute approximate surface area is 385 Å². The highest BCUT2D eigenvalue weighted by molar-refractivity contribution is 5.94. The second-order valence-corrected chi connectivity index (χ2v) is 20.6. The van der Waals surface area contributed by atoms with Crippen LogP contribution in [0.5, 0.6) is 0 Å². The molecule has 13 heteroatoms. The lowest BCUT2D eigenvalue weighted by molar-refractivity contribution is -0.191. The Hall–Kier alpha value is -5.39. The van der Waals surface area contributed by atoms with E-state index in [1.165, 1.54) is 38.4 Å². The van der Waals surface area contributed by atoms with Gasteiger partial charge in [-0.05, 0) is 151 Å². The van der Waals surface area contributed by atoms with Crippen molar-refractivity contribution < 1.29 is 32.8 Å². The van der Waals surface area contributed by atoms with Crippen molar-refractivity contribution in [1.82, 2.24) is 25.9 Å². The molecule has 4 aromatic rings. The largest absolute Gasteiger partial charge is 0.473 e. The molecule has 10 atom stereocenters. The van der Waals surface area contributed by atoms with Gasteiger partial charge < -0.3 is 30.5 Å². The van der Waals surface area contributed by atoms with Crippen LogP contribution in [-0.2, 0) is 9.59 Å². The fourth-order valence-electron chi connectivity index (χ4n) is 12.8. The molecule has 5 N–H and O–H groups in total. The Balaban J connectivity index is 0.000000213. The van der Waals surface area contributed by atoms with Gasteiger partial charge in [0.25, 0.3) is 17.7 Å². The maximum atomic E-state index is 13.0. The number of furan rings is 2. The molecule has 4 heterocycles. The van der Waals surface area contributed by atoms with Crippen LogP contribution in [0, 0.1) is 57.2 Å². The van der Waals surface area contributed by atoms with Gasteiger partial charge in [-0.25, -0.2) is 0 Å². The summed E-state index contributed by atoms with van der Waals surface area (Å²) in [6.45, 7) is 20.1. The summed E-state index contributed by atoms with van der Waals surface area (Å²) in [6, 6.07) is 14.5. The zero-order chi connectivity index (χ0) is 47.4. The van der Waals surface area contributed by atoms with E-state index in [0.29, 0.717) is 59.1 Å². The summed E-state index contributed by atoms with van der Waals surface area (Å²) in [5, 5.41) is 9.73. The van der Waals surface area contributed by atoms with Crippen LogP contribution in [0.3, 0.4) is 0 Å². The molecule has 4 saturated carbocycles. The molecule has 0 spiro atoms. The Morgan fingerprint density at radius 2 is 1.15 bits per heavy atom. The van der Waals surface area contributed by atoms with E-state index in [0.717, 1.165) is 19.3 Å². The number of carbonyl (C=O) groups excluding carboxylic acids is 5. The number of nitrogens with one attached hydrogen (secondary N) is 3. The molecule has 65 heavy (non-hydrogen) atoms. The summed E-state index contributed by atoms with van der Waals surface area (Å²) in [5.41, 5.74) is 8.35. The molecule has 0 saturated heterocycles. The predicted octanol–water partition coefficient (Wildman–Crippen LogP) is 9.02. The number of fused-ring (bicyclic) bond motifs is 2. The van der Waals surface area contributed by atoms with Gasteiger partial charge in [0.15, 0.2) is 5.76 Å². The second-order valence-electron chi connectivity index (χ2n) is 20.6. The van der Waals surface area contributed by atoms with Crippen LogP contribution < -0.4 is 21.7 Å². The lowest BCUT2D eigenvalue weighted by Gasteiger charge is -2.61. The van der Waals surface area contributed by atoms with Gasteiger partial charge >= 0.3 is 6.15 Å². The minimum absolute atomic E-state index is 0.0158. The van der Waals surface area contributed by atoms with Crippen molar-refractivity contribution >= 4 is 23.9 Å². The van der Waals surface area contributed by atoms with Crippen molar-refractivity contribution in [3.63, 3.8) is 0 Å². The highest BCUT2D eigenvalue weighted by Gasteiger charge is 2.57. The maximum absolute atomic E-state index is 13.0. The van der Waals surface area contributed by atoms with E-state index < -0.39 is 0 Å². The smallest absolute Gasteiger partial charge is 0.373 e. The van der Waals surface area contributed by atoms with Crippen LogP contribution in [0.2, 0.25) is 0 Å². The molecule has 3 amide bonds. The molecule has 4 aliphatic carbocycles. The van der Waals surface area contributed by atoms with Gasteiger partial charge in [-0.2, -0.15) is 9.59 Å². The lowest BCUT2D eigenvalue weighted by atomic mass is 9.45. The van der Waals surface area contributed by atoms with E-state index in [1.807, 2.05) is 24.3 Å². The van der Waals surface area contributed by atoms with Crippen molar-refractivity contribution in [3.8, 4) is 0 Å². The molecule has 352 valence electrons. The highest BCUT2D eigenvalue weighted by atomic mass is 16.3. The molecule has 0 aliphatic heterocycles. The molecule has 13 nitrogen and oxygen atoms in total. The topological polar surface area (TPSA) is 200 Å². The first-order valence-corrected chi connectivity index (χ1v) is 23.3. The first kappa shape index (κ1) is 50.6. The number of rotatable bonds is 8. The minimum atomic E-state index is -0.182. The SMILES string of the molecule is C[C@@H]1[C@H](NC(=O)c2cccnc2)CC2C(C)(C)CCC[C@]2(C)[C@H]1CN.C[C@@H]1[C@H](NC(=O)c2cccnc2)CC2C(C)(C)CCC[C@]2(C)[C@H]1CNC(=O)c1ccco1.O=C=O.c1ccoc1. The Morgan fingerprint density at radius 3 is 1.55 bits per heavy atom. The molecule has 0 bridgehead atoms. The summed E-state index contributed by atoms with van der Waals surface area (Å²) in [7, 11) is 0. The fourth-order valence-corrected chi connectivity index (χ4v) is 12.8. The minimum Gasteiger partial charge on any atom is -0.473 e. The van der Waals surface area contributed by atoms with Gasteiger partial charge in [0.1, 0.15) is 0 Å². The molecule has 4 fully saturated rings. The van der Waals surface area contributed by atoms with Gasteiger partial charge in [0.2, 0.25) is 0 Å². The van der Waals surface area contributed by atoms with Crippen LogP contribution in [-0.4, -0.2) is 59.0 Å². The monoisotopic (exact) mass is 893 g/mol. The van der Waals surface area contributed by atoms with Crippen molar-refractivity contribution in [2.24, 2.45) is 62.9 Å².